The predicted molar refractivity (Wildman–Crippen MR) is 106 cm³/mol. The number of carbonyl (C=O) groups is 1. The Labute approximate surface area is 164 Å². The SMILES string of the molecule is COc1ccc([C@@H](CNC(=O)C(C)(C)C)S(=O)(=O)c2cccs2)cc1OC. The molecule has 0 saturated carbocycles. The zero-order valence-corrected chi connectivity index (χ0v) is 17.7. The van der Waals surface area contributed by atoms with E-state index in [0.717, 1.165) is 11.3 Å². The number of thiophene rings is 1. The first-order valence-corrected chi connectivity index (χ1v) is 10.8. The standard InChI is InChI=1S/C19H25NO5S2/c1-19(2,3)18(21)20-12-16(27(22,23)17-7-6-10-26-17)13-8-9-14(24-4)15(11-13)25-5/h6-11,16H,12H2,1-5H3,(H,20,21)/t16-/m1/s1. The molecule has 1 aromatic carbocycles. The maximum Gasteiger partial charge on any atom is 0.225 e. The lowest BCUT2D eigenvalue weighted by Gasteiger charge is -2.23. The quantitative estimate of drug-likeness (QED) is 0.755. The van der Waals surface area contributed by atoms with Crippen molar-refractivity contribution >= 4 is 27.1 Å². The van der Waals surface area contributed by atoms with E-state index in [0.29, 0.717) is 17.1 Å². The van der Waals surface area contributed by atoms with E-state index in [-0.39, 0.29) is 16.7 Å². The molecule has 0 unspecified atom stereocenters. The van der Waals surface area contributed by atoms with Crippen molar-refractivity contribution in [2.24, 2.45) is 5.41 Å². The van der Waals surface area contributed by atoms with Gasteiger partial charge in [-0.05, 0) is 29.1 Å². The summed E-state index contributed by atoms with van der Waals surface area (Å²) in [5.41, 5.74) is -0.0928. The zero-order valence-electron chi connectivity index (χ0n) is 16.1. The minimum Gasteiger partial charge on any atom is -0.493 e. The molecular weight excluding hydrogens is 386 g/mol. The molecule has 0 aliphatic rings. The number of amides is 1. The van der Waals surface area contributed by atoms with Crippen LogP contribution in [0.5, 0.6) is 11.5 Å². The Balaban J connectivity index is 2.46. The van der Waals surface area contributed by atoms with Crippen LogP contribution in [0.15, 0.2) is 39.9 Å². The van der Waals surface area contributed by atoms with E-state index in [9.17, 15) is 13.2 Å². The van der Waals surface area contributed by atoms with Crippen LogP contribution >= 0.6 is 11.3 Å². The number of hydrogen-bond donors (Lipinski definition) is 1. The van der Waals surface area contributed by atoms with Crippen LogP contribution in [0.1, 0.15) is 31.6 Å². The van der Waals surface area contributed by atoms with Crippen molar-refractivity contribution < 1.29 is 22.7 Å². The average Bonchev–Trinajstić information content (AvgIpc) is 3.16. The Morgan fingerprint density at radius 3 is 2.33 bits per heavy atom. The summed E-state index contributed by atoms with van der Waals surface area (Å²) in [6.07, 6.45) is 0. The molecule has 0 saturated heterocycles. The fraction of sp³-hybridized carbons (Fsp3) is 0.421. The monoisotopic (exact) mass is 411 g/mol. The summed E-state index contributed by atoms with van der Waals surface area (Å²) in [5.74, 6) is 0.727. The first-order chi connectivity index (χ1) is 12.6. The smallest absolute Gasteiger partial charge is 0.225 e. The molecule has 1 N–H and O–H groups in total. The number of ether oxygens (including phenoxy) is 2. The largest absolute Gasteiger partial charge is 0.493 e. The number of nitrogens with one attached hydrogen (secondary N) is 1. The Morgan fingerprint density at radius 2 is 1.81 bits per heavy atom. The summed E-state index contributed by atoms with van der Waals surface area (Å²) < 4.78 is 37.2. The molecule has 0 radical (unpaired) electrons. The zero-order chi connectivity index (χ0) is 20.2. The molecule has 2 rings (SSSR count). The minimum atomic E-state index is -3.69. The fourth-order valence-corrected chi connectivity index (χ4v) is 5.33. The van der Waals surface area contributed by atoms with Crippen LogP contribution < -0.4 is 14.8 Å². The summed E-state index contributed by atoms with van der Waals surface area (Å²) >= 11 is 1.15. The fourth-order valence-electron chi connectivity index (χ4n) is 2.48. The van der Waals surface area contributed by atoms with Crippen LogP contribution in [0, 0.1) is 5.41 Å². The van der Waals surface area contributed by atoms with Crippen LogP contribution in [0.25, 0.3) is 0 Å². The minimum absolute atomic E-state index is 0.0359. The Kier molecular flexibility index (Phi) is 6.54. The molecule has 0 aliphatic heterocycles. The summed E-state index contributed by atoms with van der Waals surface area (Å²) in [6, 6.07) is 8.24. The highest BCUT2D eigenvalue weighted by Gasteiger charge is 2.32. The van der Waals surface area contributed by atoms with Crippen molar-refractivity contribution in [3.05, 3.63) is 41.3 Å². The molecule has 8 heteroatoms. The van der Waals surface area contributed by atoms with Crippen molar-refractivity contribution in [3.8, 4) is 11.5 Å². The number of rotatable bonds is 7. The van der Waals surface area contributed by atoms with Crippen LogP contribution in [0.2, 0.25) is 0 Å². The number of methoxy groups -OCH3 is 2. The number of benzene rings is 1. The van der Waals surface area contributed by atoms with Gasteiger partial charge in [-0.2, -0.15) is 0 Å². The van der Waals surface area contributed by atoms with E-state index in [1.807, 2.05) is 0 Å². The van der Waals surface area contributed by atoms with Crippen LogP contribution in [-0.4, -0.2) is 35.1 Å². The van der Waals surface area contributed by atoms with Gasteiger partial charge in [0.25, 0.3) is 0 Å². The van der Waals surface area contributed by atoms with Gasteiger partial charge in [0.15, 0.2) is 21.3 Å². The Hall–Kier alpha value is -2.06. The van der Waals surface area contributed by atoms with Gasteiger partial charge in [0.1, 0.15) is 9.46 Å². The van der Waals surface area contributed by atoms with Gasteiger partial charge < -0.3 is 14.8 Å². The lowest BCUT2D eigenvalue weighted by Crippen LogP contribution is -2.38. The van der Waals surface area contributed by atoms with Gasteiger partial charge in [0, 0.05) is 12.0 Å². The lowest BCUT2D eigenvalue weighted by atomic mass is 9.95. The van der Waals surface area contributed by atoms with Gasteiger partial charge in [-0.15, -0.1) is 11.3 Å². The molecule has 0 aliphatic carbocycles. The summed E-state index contributed by atoms with van der Waals surface area (Å²) in [6.45, 7) is 5.30. The maximum absolute atomic E-state index is 13.2. The Bertz CT molecular complexity index is 883. The molecule has 148 valence electrons. The molecule has 6 nitrogen and oxygen atoms in total. The second-order valence-corrected chi connectivity index (χ2v) is 10.3. The van der Waals surface area contributed by atoms with E-state index in [2.05, 4.69) is 5.32 Å². The summed E-state index contributed by atoms with van der Waals surface area (Å²) in [7, 11) is -0.682. The van der Waals surface area contributed by atoms with Gasteiger partial charge in [-0.3, -0.25) is 4.79 Å². The second kappa shape index (κ2) is 8.31. The Morgan fingerprint density at radius 1 is 1.15 bits per heavy atom. The number of sulfone groups is 1. The highest BCUT2D eigenvalue weighted by Crippen LogP contribution is 2.36. The molecule has 27 heavy (non-hydrogen) atoms. The molecule has 1 heterocycles. The van der Waals surface area contributed by atoms with Crippen molar-refractivity contribution in [1.82, 2.24) is 5.32 Å². The number of hydrogen-bond acceptors (Lipinski definition) is 6. The maximum atomic E-state index is 13.2. The molecular formula is C19H25NO5S2. The second-order valence-electron chi connectivity index (χ2n) is 7.04. The lowest BCUT2D eigenvalue weighted by molar-refractivity contribution is -0.128. The van der Waals surface area contributed by atoms with Gasteiger partial charge in [0.05, 0.1) is 14.2 Å². The van der Waals surface area contributed by atoms with E-state index in [1.54, 1.807) is 56.5 Å². The van der Waals surface area contributed by atoms with Crippen molar-refractivity contribution in [2.45, 2.75) is 30.2 Å². The first-order valence-electron chi connectivity index (χ1n) is 8.39. The molecule has 1 amide bonds. The van der Waals surface area contributed by atoms with Crippen molar-refractivity contribution in [2.75, 3.05) is 20.8 Å². The van der Waals surface area contributed by atoms with Crippen LogP contribution in [0.3, 0.4) is 0 Å². The van der Waals surface area contributed by atoms with Crippen molar-refractivity contribution in [3.63, 3.8) is 0 Å². The predicted octanol–water partition coefficient (Wildman–Crippen LogP) is 3.44. The van der Waals surface area contributed by atoms with Crippen LogP contribution in [-0.2, 0) is 14.6 Å². The van der Waals surface area contributed by atoms with Crippen LogP contribution in [0.4, 0.5) is 0 Å². The first kappa shape index (κ1) is 21.2. The van der Waals surface area contributed by atoms with Gasteiger partial charge in [0.2, 0.25) is 5.91 Å². The van der Waals surface area contributed by atoms with Gasteiger partial charge in [-0.25, -0.2) is 8.42 Å². The van der Waals surface area contributed by atoms with Gasteiger partial charge >= 0.3 is 0 Å². The topological polar surface area (TPSA) is 81.7 Å². The molecule has 1 aromatic heterocycles. The summed E-state index contributed by atoms with van der Waals surface area (Å²) in [5, 5.41) is 3.54. The molecule has 1 atom stereocenters. The van der Waals surface area contributed by atoms with E-state index < -0.39 is 20.5 Å². The molecule has 2 aromatic rings. The third-order valence-corrected chi connectivity index (χ3v) is 7.59. The summed E-state index contributed by atoms with van der Waals surface area (Å²) in [4.78, 5) is 12.3. The van der Waals surface area contributed by atoms with E-state index in [1.165, 1.54) is 14.2 Å². The van der Waals surface area contributed by atoms with E-state index in [4.69, 9.17) is 9.47 Å². The average molecular weight is 412 g/mol. The number of carbonyl (C=O) groups excluding carboxylic acids is 1. The third kappa shape index (κ3) is 4.81. The van der Waals surface area contributed by atoms with Crippen molar-refractivity contribution in [1.29, 1.82) is 0 Å². The third-order valence-electron chi connectivity index (χ3n) is 4.06. The highest BCUT2D eigenvalue weighted by molar-refractivity contribution is 7.93. The van der Waals surface area contributed by atoms with Gasteiger partial charge in [-0.1, -0.05) is 32.9 Å². The normalized spacial score (nSPS) is 13.1. The highest BCUT2D eigenvalue weighted by atomic mass is 32.2. The molecule has 0 fully saturated rings. The molecule has 0 spiro atoms. The van der Waals surface area contributed by atoms with E-state index >= 15 is 0 Å². The molecule has 0 bridgehead atoms.